The van der Waals surface area contributed by atoms with Gasteiger partial charge in [0.25, 0.3) is 0 Å². The Kier molecular flexibility index (Phi) is 5.49. The molecule has 2 fully saturated rings. The number of amides is 1. The fraction of sp³-hybridized carbons (Fsp3) is 0.611. The van der Waals surface area contributed by atoms with Crippen LogP contribution in [-0.2, 0) is 11.3 Å². The number of hydrogen-bond acceptors (Lipinski definition) is 4. The number of halogens is 4. The summed E-state index contributed by atoms with van der Waals surface area (Å²) in [5, 5.41) is 0.607. The van der Waals surface area contributed by atoms with Crippen LogP contribution in [0.5, 0.6) is 0 Å². The fourth-order valence-electron chi connectivity index (χ4n) is 3.64. The summed E-state index contributed by atoms with van der Waals surface area (Å²) in [5.41, 5.74) is 7.68. The molecule has 0 radical (unpaired) electrons. The Balaban J connectivity index is 1.46. The molecular formula is C18H23ClF3N3O2. The molecular weight excluding hydrogens is 383 g/mol. The van der Waals surface area contributed by atoms with Crippen molar-refractivity contribution in [1.29, 1.82) is 0 Å². The first-order chi connectivity index (χ1) is 12.6. The summed E-state index contributed by atoms with van der Waals surface area (Å²) >= 11 is 5.92. The Morgan fingerprint density at radius 2 is 1.96 bits per heavy atom. The smallest absolute Gasteiger partial charge is 0.425 e. The lowest BCUT2D eigenvalue weighted by Gasteiger charge is -2.53. The quantitative estimate of drug-likeness (QED) is 0.775. The van der Waals surface area contributed by atoms with Crippen molar-refractivity contribution in [2.24, 2.45) is 5.41 Å². The number of carbonyl (C=O) groups excluding carboxylic acids is 1. The van der Waals surface area contributed by atoms with Crippen LogP contribution < -0.4 is 5.73 Å². The van der Waals surface area contributed by atoms with Gasteiger partial charge in [0, 0.05) is 35.8 Å². The van der Waals surface area contributed by atoms with Crippen molar-refractivity contribution in [2.75, 3.05) is 31.9 Å². The standard InChI is InChI=1S/C18H23ClF3N3O2/c1-12(18(20,21)22)27-16(26)25-10-17(11-25)4-6-24(7-5-17)9-13-2-3-14(19)8-15(13)23/h2-3,8,12H,4-7,9-11,23H2,1H3. The number of rotatable bonds is 3. The van der Waals surface area contributed by atoms with Crippen molar-refractivity contribution in [3.63, 3.8) is 0 Å². The number of likely N-dealkylation sites (tertiary alicyclic amines) is 2. The van der Waals surface area contributed by atoms with Gasteiger partial charge in [-0.3, -0.25) is 4.90 Å². The highest BCUT2D eigenvalue weighted by Gasteiger charge is 2.48. The molecule has 1 amide bonds. The maximum Gasteiger partial charge on any atom is 0.425 e. The highest BCUT2D eigenvalue weighted by Crippen LogP contribution is 2.41. The van der Waals surface area contributed by atoms with E-state index in [2.05, 4.69) is 9.64 Å². The van der Waals surface area contributed by atoms with Crippen LogP contribution in [0.25, 0.3) is 0 Å². The maximum absolute atomic E-state index is 12.5. The number of piperidine rings is 1. The van der Waals surface area contributed by atoms with Gasteiger partial charge in [0.2, 0.25) is 0 Å². The summed E-state index contributed by atoms with van der Waals surface area (Å²) in [4.78, 5) is 15.5. The number of carbonyl (C=O) groups is 1. The number of ether oxygens (including phenoxy) is 1. The summed E-state index contributed by atoms with van der Waals surface area (Å²) in [7, 11) is 0. The van der Waals surface area contributed by atoms with Crippen molar-refractivity contribution in [2.45, 2.75) is 38.6 Å². The van der Waals surface area contributed by atoms with E-state index in [9.17, 15) is 18.0 Å². The van der Waals surface area contributed by atoms with E-state index in [0.29, 0.717) is 23.8 Å². The molecule has 1 spiro atoms. The van der Waals surface area contributed by atoms with Crippen LogP contribution in [0, 0.1) is 5.41 Å². The number of nitrogen functional groups attached to an aromatic ring is 1. The number of nitrogens with zero attached hydrogens (tertiary/aromatic N) is 2. The molecule has 5 nitrogen and oxygen atoms in total. The second-order valence-electron chi connectivity index (χ2n) is 7.54. The second-order valence-corrected chi connectivity index (χ2v) is 7.98. The number of hydrogen-bond donors (Lipinski definition) is 1. The van der Waals surface area contributed by atoms with Crippen LogP contribution >= 0.6 is 11.6 Å². The number of nitrogens with two attached hydrogens (primary N) is 1. The van der Waals surface area contributed by atoms with Crippen molar-refractivity contribution >= 4 is 23.4 Å². The van der Waals surface area contributed by atoms with E-state index in [1.165, 1.54) is 4.90 Å². The molecule has 27 heavy (non-hydrogen) atoms. The Morgan fingerprint density at radius 1 is 1.33 bits per heavy atom. The van der Waals surface area contributed by atoms with Gasteiger partial charge in [0.1, 0.15) is 0 Å². The van der Waals surface area contributed by atoms with Crippen LogP contribution in [0.2, 0.25) is 5.02 Å². The molecule has 2 aliphatic heterocycles. The topological polar surface area (TPSA) is 58.8 Å². The summed E-state index contributed by atoms with van der Waals surface area (Å²) < 4.78 is 42.0. The third-order valence-corrected chi connectivity index (χ3v) is 5.70. The predicted octanol–water partition coefficient (Wildman–Crippen LogP) is 3.91. The van der Waals surface area contributed by atoms with E-state index in [4.69, 9.17) is 17.3 Å². The molecule has 2 saturated heterocycles. The van der Waals surface area contributed by atoms with E-state index in [0.717, 1.165) is 45.0 Å². The highest BCUT2D eigenvalue weighted by atomic mass is 35.5. The van der Waals surface area contributed by atoms with Crippen LogP contribution in [-0.4, -0.2) is 54.4 Å². The minimum atomic E-state index is -4.53. The minimum absolute atomic E-state index is 0.0114. The maximum atomic E-state index is 12.5. The van der Waals surface area contributed by atoms with Gasteiger partial charge in [-0.05, 0) is 50.6 Å². The van der Waals surface area contributed by atoms with Gasteiger partial charge < -0.3 is 15.4 Å². The van der Waals surface area contributed by atoms with Gasteiger partial charge in [-0.2, -0.15) is 13.2 Å². The Bertz CT molecular complexity index is 698. The average Bonchev–Trinajstić information content (AvgIpc) is 2.55. The molecule has 1 aromatic rings. The molecule has 0 aromatic heterocycles. The summed E-state index contributed by atoms with van der Waals surface area (Å²) in [6, 6.07) is 5.47. The molecule has 0 aliphatic carbocycles. The molecule has 2 N–H and O–H groups in total. The zero-order valence-electron chi connectivity index (χ0n) is 15.1. The molecule has 2 aliphatic rings. The molecule has 1 unspecified atom stereocenters. The summed E-state index contributed by atoms with van der Waals surface area (Å²) in [6.07, 6.45) is -5.74. The van der Waals surface area contributed by atoms with E-state index >= 15 is 0 Å². The first-order valence-corrected chi connectivity index (χ1v) is 9.24. The van der Waals surface area contributed by atoms with E-state index < -0.39 is 18.4 Å². The Labute approximate surface area is 161 Å². The minimum Gasteiger partial charge on any atom is -0.437 e. The van der Waals surface area contributed by atoms with Gasteiger partial charge in [-0.1, -0.05) is 17.7 Å². The lowest BCUT2D eigenvalue weighted by molar-refractivity contribution is -0.202. The molecule has 0 bridgehead atoms. The Hall–Kier alpha value is -1.67. The normalized spacial score (nSPS) is 21.0. The zero-order chi connectivity index (χ0) is 19.8. The van der Waals surface area contributed by atoms with Crippen molar-refractivity contribution in [1.82, 2.24) is 9.80 Å². The van der Waals surface area contributed by atoms with E-state index in [-0.39, 0.29) is 5.41 Å². The molecule has 1 atom stereocenters. The molecule has 1 aromatic carbocycles. The third kappa shape index (κ3) is 4.60. The van der Waals surface area contributed by atoms with Gasteiger partial charge in [0.05, 0.1) is 0 Å². The van der Waals surface area contributed by atoms with Gasteiger partial charge >= 0.3 is 12.3 Å². The van der Waals surface area contributed by atoms with Crippen LogP contribution in [0.3, 0.4) is 0 Å². The van der Waals surface area contributed by atoms with Crippen LogP contribution in [0.4, 0.5) is 23.7 Å². The van der Waals surface area contributed by atoms with Gasteiger partial charge in [0.15, 0.2) is 6.10 Å². The van der Waals surface area contributed by atoms with Gasteiger partial charge in [-0.15, -0.1) is 0 Å². The first kappa shape index (κ1) is 20.1. The number of benzene rings is 1. The highest BCUT2D eigenvalue weighted by molar-refractivity contribution is 6.30. The van der Waals surface area contributed by atoms with Crippen molar-refractivity contribution in [3.05, 3.63) is 28.8 Å². The fourth-order valence-corrected chi connectivity index (χ4v) is 3.82. The molecule has 2 heterocycles. The summed E-state index contributed by atoms with van der Waals surface area (Å²) in [5.74, 6) is 0. The average molecular weight is 406 g/mol. The Morgan fingerprint density at radius 3 is 2.52 bits per heavy atom. The number of anilines is 1. The predicted molar refractivity (Wildman–Crippen MR) is 96.4 cm³/mol. The first-order valence-electron chi connectivity index (χ1n) is 8.87. The lowest BCUT2D eigenvalue weighted by atomic mass is 9.72. The second kappa shape index (κ2) is 7.39. The largest absolute Gasteiger partial charge is 0.437 e. The van der Waals surface area contributed by atoms with Crippen molar-refractivity contribution in [3.8, 4) is 0 Å². The van der Waals surface area contributed by atoms with Crippen molar-refractivity contribution < 1.29 is 22.7 Å². The molecule has 150 valence electrons. The molecule has 3 rings (SSSR count). The van der Waals surface area contributed by atoms with Gasteiger partial charge in [-0.25, -0.2) is 4.79 Å². The third-order valence-electron chi connectivity index (χ3n) is 5.47. The van der Waals surface area contributed by atoms with Crippen LogP contribution in [0.15, 0.2) is 18.2 Å². The molecule has 0 saturated carbocycles. The molecule has 9 heteroatoms. The van der Waals surface area contributed by atoms with E-state index in [1.807, 2.05) is 12.1 Å². The van der Waals surface area contributed by atoms with E-state index in [1.54, 1.807) is 6.07 Å². The lowest BCUT2D eigenvalue weighted by Crippen LogP contribution is -2.62. The van der Waals surface area contributed by atoms with Crippen LogP contribution in [0.1, 0.15) is 25.3 Å². The zero-order valence-corrected chi connectivity index (χ0v) is 15.8. The monoisotopic (exact) mass is 405 g/mol. The number of alkyl halides is 3. The SMILES string of the molecule is CC(OC(=O)N1CC2(CCN(Cc3ccc(Cl)cc3N)CC2)C1)C(F)(F)F. The summed E-state index contributed by atoms with van der Waals surface area (Å²) in [6.45, 7) is 4.18.